The number of Topliss-reactive ketones (excluding diaryl/α,β-unsaturated/α-hetero) is 2. The van der Waals surface area contributed by atoms with Crippen molar-refractivity contribution in [3.8, 4) is 5.75 Å². The van der Waals surface area contributed by atoms with Gasteiger partial charge in [0.2, 0.25) is 5.78 Å². The monoisotopic (exact) mass is 506 g/mol. The van der Waals surface area contributed by atoms with Crippen LogP contribution in [0.15, 0.2) is 23.0 Å². The molecule has 0 aromatic heterocycles. The lowest BCUT2D eigenvalue weighted by Crippen LogP contribution is -2.65. The average Bonchev–Trinajstić information content (AvgIpc) is 2.77. The molecule has 0 spiro atoms. The zero-order valence-corrected chi connectivity index (χ0v) is 20.9. The van der Waals surface area contributed by atoms with Crippen molar-refractivity contribution in [2.24, 2.45) is 11.8 Å². The number of hydrogen-bond acceptors (Lipinski definition) is 9. The van der Waals surface area contributed by atoms with Crippen LogP contribution in [0.5, 0.6) is 5.75 Å². The second kappa shape index (κ2) is 8.25. The maximum atomic E-state index is 13.9. The van der Waals surface area contributed by atoms with Gasteiger partial charge in [0.25, 0.3) is 10.9 Å². The number of anilines is 1. The predicted molar refractivity (Wildman–Crippen MR) is 124 cm³/mol. The van der Waals surface area contributed by atoms with Crippen LogP contribution in [0.3, 0.4) is 0 Å². The van der Waals surface area contributed by atoms with Crippen LogP contribution in [0.4, 0.5) is 5.69 Å². The summed E-state index contributed by atoms with van der Waals surface area (Å²) >= 11 is 5.24. The lowest BCUT2D eigenvalue weighted by atomic mass is 9.57. The number of carbonyl (C=O) groups is 3. The molecule has 4 atom stereocenters. The lowest BCUT2D eigenvalue weighted by Gasteiger charge is -2.50. The van der Waals surface area contributed by atoms with Crippen molar-refractivity contribution in [3.05, 3.63) is 39.1 Å². The Morgan fingerprint density at radius 2 is 1.80 bits per heavy atom. The summed E-state index contributed by atoms with van der Waals surface area (Å²) in [6.07, 6.45) is 0.287. The van der Waals surface area contributed by atoms with E-state index in [1.54, 1.807) is 39.2 Å². The van der Waals surface area contributed by atoms with Crippen LogP contribution in [0, 0.1) is 23.4 Å². The van der Waals surface area contributed by atoms with Crippen molar-refractivity contribution in [3.63, 3.8) is 0 Å². The predicted octanol–water partition coefficient (Wildman–Crippen LogP) is -0.0131. The molecule has 0 heterocycles. The molecule has 3 aliphatic carbocycles. The number of nitrogens with one attached hydrogen (secondary N) is 1. The average molecular weight is 507 g/mol. The van der Waals surface area contributed by atoms with Gasteiger partial charge in [-0.25, -0.2) is 0 Å². The second-order valence-electron chi connectivity index (χ2n) is 9.67. The van der Waals surface area contributed by atoms with Gasteiger partial charge >= 0.3 is 0 Å². The number of carbonyl (C=O) groups excluding carboxylic acids is 3. The molecule has 1 aromatic carbocycles. The fourth-order valence-electron chi connectivity index (χ4n) is 5.77. The van der Waals surface area contributed by atoms with Crippen LogP contribution in [0.25, 0.3) is 5.76 Å². The molecule has 5 N–H and O–H groups in total. The Morgan fingerprint density at radius 3 is 2.34 bits per heavy atom. The van der Waals surface area contributed by atoms with Gasteiger partial charge in [-0.05, 0) is 38.4 Å². The van der Waals surface area contributed by atoms with E-state index in [-0.39, 0.29) is 34.8 Å². The van der Waals surface area contributed by atoms with E-state index in [0.717, 1.165) is 0 Å². The molecule has 3 aliphatic rings. The zero-order chi connectivity index (χ0) is 26.1. The third-order valence-corrected chi connectivity index (χ3v) is 7.66. The Morgan fingerprint density at radius 1 is 1.17 bits per heavy atom. The van der Waals surface area contributed by atoms with Crippen molar-refractivity contribution in [1.82, 2.24) is 10.2 Å². The van der Waals surface area contributed by atoms with E-state index in [9.17, 15) is 34.8 Å². The summed E-state index contributed by atoms with van der Waals surface area (Å²) in [5, 5.41) is 47.0. The molecule has 0 bridgehead atoms. The van der Waals surface area contributed by atoms with Crippen molar-refractivity contribution in [1.29, 1.82) is 0 Å². The maximum absolute atomic E-state index is 13.9. The van der Waals surface area contributed by atoms with E-state index < -0.39 is 58.0 Å². The Bertz CT molecular complexity index is 1240. The first-order chi connectivity index (χ1) is 16.3. The molecule has 2 unspecified atom stereocenters. The summed E-state index contributed by atoms with van der Waals surface area (Å²) in [4.78, 5) is 42.9. The number of likely N-dealkylation sites (N-methyl/N-ethyl adjacent to an activating group) is 2. The third-order valence-electron chi connectivity index (χ3n) is 7.35. The van der Waals surface area contributed by atoms with Gasteiger partial charge in [-0.2, -0.15) is 0 Å². The smallest absolute Gasteiger partial charge is 0.269 e. The first kappa shape index (κ1) is 25.0. The second-order valence-corrected chi connectivity index (χ2v) is 10.1. The molecule has 1 saturated carbocycles. The van der Waals surface area contributed by atoms with E-state index in [2.05, 4.69) is 5.32 Å². The summed E-state index contributed by atoms with van der Waals surface area (Å²) in [5.74, 6) is -6.27. The van der Waals surface area contributed by atoms with Gasteiger partial charge < -0.3 is 30.6 Å². The van der Waals surface area contributed by atoms with Gasteiger partial charge in [0.1, 0.15) is 17.1 Å². The van der Waals surface area contributed by atoms with E-state index in [0.29, 0.717) is 11.3 Å². The third kappa shape index (κ3) is 3.27. The number of benzene rings is 1. The molecule has 188 valence electrons. The number of ketones is 2. The van der Waals surface area contributed by atoms with E-state index in [1.165, 1.54) is 11.9 Å². The highest BCUT2D eigenvalue weighted by Crippen LogP contribution is 2.54. The van der Waals surface area contributed by atoms with Crippen LogP contribution in [-0.4, -0.2) is 89.7 Å². The van der Waals surface area contributed by atoms with Crippen molar-refractivity contribution in [2.75, 3.05) is 40.1 Å². The number of aliphatic hydroxyl groups is 3. The van der Waals surface area contributed by atoms with Gasteiger partial charge in [-0.1, -0.05) is 0 Å². The number of nitrogens with zero attached hydrogens (tertiary/aromatic N) is 2. The minimum Gasteiger partial charge on any atom is -0.508 e. The number of hydrogen-bond donors (Lipinski definition) is 5. The van der Waals surface area contributed by atoms with Crippen LogP contribution in [0.1, 0.15) is 17.5 Å². The standard InChI is InChI=1S/C24H28ClN3O7/c1-26-23(34)16-20(31)17(28(4)5)11-7-9-6-10-13(27(2)3)8-12(25)18(29)15(10)19(30)14(9)21(32)24(11,35)22(16)33/h8-9,11,17,25,35H,6-7H2,1-5H3,(H3-,26,29,30,31,32,33,34)/p+1/t9?,11?,17-,24-/m0/s1. The van der Waals surface area contributed by atoms with E-state index in [1.807, 2.05) is 0 Å². The number of phenols is 1. The summed E-state index contributed by atoms with van der Waals surface area (Å²) in [5.41, 5.74) is -2.23. The molecule has 11 heteroatoms. The number of halogens is 1. The van der Waals surface area contributed by atoms with Gasteiger partial charge in [-0.3, -0.25) is 19.3 Å². The maximum Gasteiger partial charge on any atom is 0.269 e. The fourth-order valence-corrected chi connectivity index (χ4v) is 5.99. The molecule has 35 heavy (non-hydrogen) atoms. The van der Waals surface area contributed by atoms with Crippen LogP contribution in [0.2, 0.25) is 5.02 Å². The highest BCUT2D eigenvalue weighted by molar-refractivity contribution is 6.25. The zero-order valence-electron chi connectivity index (χ0n) is 20.0. The molecule has 0 aliphatic heterocycles. The highest BCUT2D eigenvalue weighted by atomic mass is 35.5. The summed E-state index contributed by atoms with van der Waals surface area (Å²) in [7, 11) is 8.01. The highest BCUT2D eigenvalue weighted by Gasteiger charge is 2.64. The van der Waals surface area contributed by atoms with Crippen molar-refractivity contribution in [2.45, 2.75) is 24.5 Å². The molecular weight excluding hydrogens is 478 g/mol. The summed E-state index contributed by atoms with van der Waals surface area (Å²) in [6, 6.07) is 0.536. The number of fused-ring (bicyclic) bond motifs is 3. The molecule has 0 saturated heterocycles. The molecule has 1 aromatic rings. The van der Waals surface area contributed by atoms with E-state index >= 15 is 0 Å². The van der Waals surface area contributed by atoms with Gasteiger partial charge in [0.05, 0.1) is 11.6 Å². The van der Waals surface area contributed by atoms with Crippen LogP contribution < -0.4 is 10.2 Å². The SMILES string of the molecule is CNC(=O)C1=C(O)[C@@]2(O)C(=O)C3=C(O)c4c(O)c([ClH+])cc(N(C)C)c4CC3CC2[C@H](N(C)C)C1=O. The molecule has 0 radical (unpaired) electrons. The number of rotatable bonds is 3. The van der Waals surface area contributed by atoms with Gasteiger partial charge in [0.15, 0.2) is 28.7 Å². The Hall–Kier alpha value is -3.08. The van der Waals surface area contributed by atoms with Crippen molar-refractivity contribution >= 4 is 28.9 Å². The minimum atomic E-state index is -2.62. The van der Waals surface area contributed by atoms with Gasteiger partial charge in [-0.15, -0.1) is 0 Å². The molecule has 4 rings (SSSR count). The molecule has 10 nitrogen and oxygen atoms in total. The Labute approximate surface area is 207 Å². The first-order valence-corrected chi connectivity index (χ1v) is 11.5. The molecule has 1 amide bonds. The van der Waals surface area contributed by atoms with Crippen LogP contribution >= 0.6 is 0 Å². The topological polar surface area (TPSA) is 151 Å². The van der Waals surface area contributed by atoms with E-state index in [4.69, 9.17) is 11.6 Å². The fraction of sp³-hybridized carbons (Fsp3) is 0.458. The Balaban J connectivity index is 2.01. The summed E-state index contributed by atoms with van der Waals surface area (Å²) < 4.78 is 0. The van der Waals surface area contributed by atoms with Crippen molar-refractivity contribution < 1.29 is 46.4 Å². The number of phenolic OH excluding ortho intramolecular Hbond substituents is 1. The number of amides is 1. The number of aliphatic hydroxyl groups excluding tert-OH is 2. The van der Waals surface area contributed by atoms with Gasteiger partial charge in [0, 0.05) is 44.4 Å². The number of aromatic hydroxyl groups is 1. The Kier molecular flexibility index (Phi) is 5.90. The molecule has 1 fully saturated rings. The largest absolute Gasteiger partial charge is 0.508 e. The first-order valence-electron chi connectivity index (χ1n) is 11.1. The normalized spacial score (nSPS) is 28.1. The minimum absolute atomic E-state index is 0.00823. The van der Waals surface area contributed by atoms with Crippen LogP contribution in [-0.2, 0) is 20.8 Å². The quantitative estimate of drug-likeness (QED) is 0.356. The lowest BCUT2D eigenvalue weighted by molar-refractivity contribution is -0.290. The summed E-state index contributed by atoms with van der Waals surface area (Å²) in [6.45, 7) is 0. The molecular formula is C24H29ClN3O7+.